The second-order valence-corrected chi connectivity index (χ2v) is 8.16. The van der Waals surface area contributed by atoms with Crippen molar-refractivity contribution in [3.8, 4) is 5.75 Å². The summed E-state index contributed by atoms with van der Waals surface area (Å²) in [6.07, 6.45) is -1.39. The van der Waals surface area contributed by atoms with Crippen LogP contribution in [0.5, 0.6) is 5.75 Å². The van der Waals surface area contributed by atoms with Crippen molar-refractivity contribution in [2.45, 2.75) is 25.2 Å². The molecule has 0 spiro atoms. The monoisotopic (exact) mass is 463 g/mol. The van der Waals surface area contributed by atoms with Gasteiger partial charge < -0.3 is 19.9 Å². The van der Waals surface area contributed by atoms with Crippen LogP contribution in [0.3, 0.4) is 0 Å². The van der Waals surface area contributed by atoms with Crippen molar-refractivity contribution in [1.29, 1.82) is 0 Å². The third-order valence-electron chi connectivity index (χ3n) is 5.96. The molecule has 2 unspecified atom stereocenters. The highest BCUT2D eigenvalue weighted by molar-refractivity contribution is 6.21. The fraction of sp³-hybridized carbons (Fsp3) is 0.409. The van der Waals surface area contributed by atoms with E-state index in [1.165, 1.54) is 12.1 Å². The number of rotatable bonds is 5. The molecule has 0 bridgehead atoms. The minimum atomic E-state index is -4.82. The number of urea groups is 1. The SMILES string of the molecule is CC(c1ccncc1N1CCN(C)CC1)C1NC(=O)N(c2ccc(OC(F)(F)F)cc2)C1=O. The third kappa shape index (κ3) is 4.87. The number of hydrogen-bond acceptors (Lipinski definition) is 6. The summed E-state index contributed by atoms with van der Waals surface area (Å²) in [4.78, 5) is 35.4. The molecule has 0 aliphatic carbocycles. The van der Waals surface area contributed by atoms with E-state index in [0.29, 0.717) is 0 Å². The number of aromatic nitrogens is 1. The fourth-order valence-corrected chi connectivity index (χ4v) is 4.15. The summed E-state index contributed by atoms with van der Waals surface area (Å²) < 4.78 is 41.0. The van der Waals surface area contributed by atoms with Gasteiger partial charge in [0.2, 0.25) is 0 Å². The number of pyridine rings is 1. The van der Waals surface area contributed by atoms with Gasteiger partial charge in [0.15, 0.2) is 0 Å². The molecule has 4 rings (SSSR count). The van der Waals surface area contributed by atoms with Gasteiger partial charge in [0.1, 0.15) is 11.8 Å². The average molecular weight is 463 g/mol. The largest absolute Gasteiger partial charge is 0.573 e. The highest BCUT2D eigenvalue weighted by Crippen LogP contribution is 2.34. The third-order valence-corrected chi connectivity index (χ3v) is 5.96. The lowest BCUT2D eigenvalue weighted by Crippen LogP contribution is -2.45. The second kappa shape index (κ2) is 8.89. The summed E-state index contributed by atoms with van der Waals surface area (Å²) in [6.45, 7) is 5.32. The topological polar surface area (TPSA) is 78.0 Å². The van der Waals surface area contributed by atoms with E-state index in [9.17, 15) is 22.8 Å². The molecule has 3 heterocycles. The van der Waals surface area contributed by atoms with E-state index in [1.54, 1.807) is 12.4 Å². The second-order valence-electron chi connectivity index (χ2n) is 8.16. The van der Waals surface area contributed by atoms with Crippen LogP contribution < -0.4 is 19.9 Å². The summed E-state index contributed by atoms with van der Waals surface area (Å²) in [5, 5.41) is 2.72. The van der Waals surface area contributed by atoms with Gasteiger partial charge in [0.25, 0.3) is 5.91 Å². The number of benzene rings is 1. The molecule has 33 heavy (non-hydrogen) atoms. The summed E-state index contributed by atoms with van der Waals surface area (Å²) in [5.74, 6) is -1.26. The first kappa shape index (κ1) is 22.8. The molecule has 2 aromatic rings. The lowest BCUT2D eigenvalue weighted by atomic mass is 9.92. The Balaban J connectivity index is 1.53. The number of carbonyl (C=O) groups excluding carboxylic acids is 2. The van der Waals surface area contributed by atoms with Crippen molar-refractivity contribution in [2.75, 3.05) is 43.0 Å². The van der Waals surface area contributed by atoms with Gasteiger partial charge in [-0.2, -0.15) is 0 Å². The zero-order valence-corrected chi connectivity index (χ0v) is 18.2. The van der Waals surface area contributed by atoms with Gasteiger partial charge in [-0.15, -0.1) is 13.2 Å². The molecule has 176 valence electrons. The van der Waals surface area contributed by atoms with Crippen molar-refractivity contribution in [3.05, 3.63) is 48.3 Å². The lowest BCUT2D eigenvalue weighted by molar-refractivity contribution is -0.274. The number of imide groups is 1. The van der Waals surface area contributed by atoms with Gasteiger partial charge >= 0.3 is 12.4 Å². The number of carbonyl (C=O) groups is 2. The Labute approximate surface area is 188 Å². The molecule has 2 saturated heterocycles. The van der Waals surface area contributed by atoms with Crippen LogP contribution in [-0.4, -0.2) is 67.5 Å². The number of nitrogens with zero attached hydrogens (tertiary/aromatic N) is 4. The Bertz CT molecular complexity index is 1020. The lowest BCUT2D eigenvalue weighted by Gasteiger charge is -2.36. The van der Waals surface area contributed by atoms with Crippen LogP contribution in [0.1, 0.15) is 18.4 Å². The molecule has 2 atom stereocenters. The molecule has 2 aliphatic heterocycles. The summed E-state index contributed by atoms with van der Waals surface area (Å²) in [5.41, 5.74) is 1.98. The maximum Gasteiger partial charge on any atom is 0.573 e. The van der Waals surface area contributed by atoms with Crippen LogP contribution in [0.4, 0.5) is 29.3 Å². The first-order valence-electron chi connectivity index (χ1n) is 10.5. The van der Waals surface area contributed by atoms with E-state index in [0.717, 1.165) is 54.5 Å². The Morgan fingerprint density at radius 3 is 2.39 bits per heavy atom. The smallest absolute Gasteiger partial charge is 0.406 e. The predicted octanol–water partition coefficient (Wildman–Crippen LogP) is 2.96. The number of anilines is 2. The van der Waals surface area contributed by atoms with Gasteiger partial charge in [0, 0.05) is 38.3 Å². The molecule has 2 aliphatic rings. The fourth-order valence-electron chi connectivity index (χ4n) is 4.15. The van der Waals surface area contributed by atoms with Crippen LogP contribution >= 0.6 is 0 Å². The van der Waals surface area contributed by atoms with Crippen molar-refractivity contribution < 1.29 is 27.5 Å². The molecule has 8 nitrogen and oxygen atoms in total. The zero-order chi connectivity index (χ0) is 23.8. The van der Waals surface area contributed by atoms with E-state index in [1.807, 2.05) is 13.0 Å². The van der Waals surface area contributed by atoms with Crippen LogP contribution in [0.15, 0.2) is 42.7 Å². The molecule has 11 heteroatoms. The van der Waals surface area contributed by atoms with Crippen LogP contribution in [0, 0.1) is 0 Å². The maximum absolute atomic E-state index is 13.2. The van der Waals surface area contributed by atoms with E-state index < -0.39 is 30.1 Å². The van der Waals surface area contributed by atoms with E-state index >= 15 is 0 Å². The van der Waals surface area contributed by atoms with Crippen LogP contribution in [0.25, 0.3) is 0 Å². The Morgan fingerprint density at radius 1 is 1.09 bits per heavy atom. The molecular weight excluding hydrogens is 439 g/mol. The first-order chi connectivity index (χ1) is 15.6. The van der Waals surface area contributed by atoms with E-state index in [-0.39, 0.29) is 11.6 Å². The van der Waals surface area contributed by atoms with Crippen LogP contribution in [-0.2, 0) is 4.79 Å². The molecule has 3 amide bonds. The molecule has 2 fully saturated rings. The number of amides is 3. The highest BCUT2D eigenvalue weighted by atomic mass is 19.4. The van der Waals surface area contributed by atoms with Gasteiger partial charge in [-0.1, -0.05) is 6.92 Å². The summed E-state index contributed by atoms with van der Waals surface area (Å²) in [6, 6.07) is 5.02. The minimum absolute atomic E-state index is 0.163. The van der Waals surface area contributed by atoms with E-state index in [4.69, 9.17) is 0 Å². The molecule has 0 radical (unpaired) electrons. The average Bonchev–Trinajstić information content (AvgIpc) is 3.07. The first-order valence-corrected chi connectivity index (χ1v) is 10.5. The predicted molar refractivity (Wildman–Crippen MR) is 115 cm³/mol. The number of ether oxygens (including phenoxy) is 1. The Hall–Kier alpha value is -3.34. The van der Waals surface area contributed by atoms with Crippen molar-refractivity contribution in [3.63, 3.8) is 0 Å². The van der Waals surface area contributed by atoms with E-state index in [2.05, 4.69) is 31.9 Å². The highest BCUT2D eigenvalue weighted by Gasteiger charge is 2.43. The normalized spacial score (nSPS) is 20.7. The van der Waals surface area contributed by atoms with Gasteiger partial charge in [-0.25, -0.2) is 9.69 Å². The molecule has 1 aromatic heterocycles. The maximum atomic E-state index is 13.2. The number of alkyl halides is 3. The Morgan fingerprint density at radius 2 is 1.76 bits per heavy atom. The molecule has 1 aromatic carbocycles. The van der Waals surface area contributed by atoms with Crippen molar-refractivity contribution in [2.24, 2.45) is 0 Å². The number of nitrogens with one attached hydrogen (secondary N) is 1. The van der Waals surface area contributed by atoms with Gasteiger partial charge in [0.05, 0.1) is 17.6 Å². The number of likely N-dealkylation sites (N-methyl/N-ethyl adjacent to an activating group) is 1. The van der Waals surface area contributed by atoms with Crippen LogP contribution in [0.2, 0.25) is 0 Å². The van der Waals surface area contributed by atoms with Crippen molar-refractivity contribution in [1.82, 2.24) is 15.2 Å². The van der Waals surface area contributed by atoms with Gasteiger partial charge in [-0.05, 0) is 42.9 Å². The number of hydrogen-bond donors (Lipinski definition) is 1. The Kier molecular flexibility index (Phi) is 6.15. The molecule has 1 N–H and O–H groups in total. The quantitative estimate of drug-likeness (QED) is 0.687. The molecule has 0 saturated carbocycles. The zero-order valence-electron chi connectivity index (χ0n) is 18.2. The number of halogens is 3. The molecular formula is C22H24F3N5O3. The summed E-state index contributed by atoms with van der Waals surface area (Å²) >= 11 is 0. The minimum Gasteiger partial charge on any atom is -0.406 e. The van der Waals surface area contributed by atoms with Gasteiger partial charge in [-0.3, -0.25) is 9.78 Å². The van der Waals surface area contributed by atoms with Crippen molar-refractivity contribution >= 4 is 23.3 Å². The number of piperazine rings is 1. The standard InChI is InChI=1S/C22H24F3N5O3/c1-14(17-7-8-26-13-18(17)29-11-9-28(2)10-12-29)19-20(31)30(21(32)27-19)15-3-5-16(6-4-15)33-22(23,24)25/h3-8,13-14,19H,9-12H2,1-2H3,(H,27,32). The summed E-state index contributed by atoms with van der Waals surface area (Å²) in [7, 11) is 2.06.